The molecule has 0 bridgehead atoms. The van der Waals surface area contributed by atoms with Crippen molar-refractivity contribution in [3.05, 3.63) is 58.0 Å². The van der Waals surface area contributed by atoms with E-state index in [9.17, 15) is 23.5 Å². The number of nitrogens with zero attached hydrogens (tertiary/aromatic N) is 2. The number of aliphatic hydroxyl groups excluding tert-OH is 2. The number of carbonyl (C=O) groups is 1. The zero-order valence-electron chi connectivity index (χ0n) is 15.1. The van der Waals surface area contributed by atoms with Gasteiger partial charge in [0.1, 0.15) is 23.1 Å². The molecule has 150 valence electrons. The van der Waals surface area contributed by atoms with Gasteiger partial charge in [-0.25, -0.2) is 8.78 Å². The van der Waals surface area contributed by atoms with Crippen LogP contribution in [0, 0.1) is 11.6 Å². The highest BCUT2D eigenvalue weighted by Crippen LogP contribution is 2.35. The van der Waals surface area contributed by atoms with E-state index in [1.165, 1.54) is 34.9 Å². The lowest BCUT2D eigenvalue weighted by molar-refractivity contribution is -0.117. The number of aromatic nitrogens is 1. The van der Waals surface area contributed by atoms with Crippen molar-refractivity contribution in [2.45, 2.75) is 25.0 Å². The van der Waals surface area contributed by atoms with Crippen LogP contribution in [0.5, 0.6) is 5.75 Å². The molecular weight excluding hydrogens is 374 g/mol. The van der Waals surface area contributed by atoms with E-state index in [0.29, 0.717) is 0 Å². The minimum atomic E-state index is -1.13. The van der Waals surface area contributed by atoms with Crippen molar-refractivity contribution in [3.63, 3.8) is 0 Å². The Bertz CT molecular complexity index is 923. The fourth-order valence-corrected chi connectivity index (χ4v) is 3.36. The molecule has 1 amide bonds. The Morgan fingerprint density at radius 2 is 1.96 bits per heavy atom. The van der Waals surface area contributed by atoms with Crippen molar-refractivity contribution >= 4 is 11.6 Å². The molecule has 7 nitrogen and oxygen atoms in total. The summed E-state index contributed by atoms with van der Waals surface area (Å²) >= 11 is 0. The predicted molar refractivity (Wildman–Crippen MR) is 96.4 cm³/mol. The van der Waals surface area contributed by atoms with E-state index in [-0.39, 0.29) is 36.5 Å². The topological polar surface area (TPSA) is 92.0 Å². The van der Waals surface area contributed by atoms with Crippen LogP contribution < -0.4 is 15.2 Å². The Labute approximate surface area is 159 Å². The SMILES string of the molecule is COc1cc(F)c(C2CC(=O)N(c3cccn(CC(O)CO)c3=O)C2)c(F)c1. The molecule has 9 heteroatoms. The molecule has 2 aromatic rings. The summed E-state index contributed by atoms with van der Waals surface area (Å²) in [5.74, 6) is -2.78. The molecule has 1 aromatic heterocycles. The van der Waals surface area contributed by atoms with E-state index in [0.717, 1.165) is 12.1 Å². The predicted octanol–water partition coefficient (Wildman–Crippen LogP) is 1.01. The second-order valence-corrected chi connectivity index (χ2v) is 6.60. The van der Waals surface area contributed by atoms with E-state index in [2.05, 4.69) is 0 Å². The molecule has 2 atom stereocenters. The molecule has 28 heavy (non-hydrogen) atoms. The summed E-state index contributed by atoms with van der Waals surface area (Å²) in [4.78, 5) is 26.3. The van der Waals surface area contributed by atoms with E-state index in [4.69, 9.17) is 9.84 Å². The van der Waals surface area contributed by atoms with Gasteiger partial charge in [0.2, 0.25) is 5.91 Å². The first-order chi connectivity index (χ1) is 13.3. The second kappa shape index (κ2) is 8.07. The lowest BCUT2D eigenvalue weighted by Crippen LogP contribution is -2.35. The van der Waals surface area contributed by atoms with Crippen LogP contribution in [0.25, 0.3) is 0 Å². The molecule has 1 fully saturated rings. The summed E-state index contributed by atoms with van der Waals surface area (Å²) in [7, 11) is 1.29. The number of hydrogen-bond acceptors (Lipinski definition) is 5. The molecule has 0 aliphatic carbocycles. The number of anilines is 1. The number of pyridine rings is 1. The monoisotopic (exact) mass is 394 g/mol. The fraction of sp³-hybridized carbons (Fsp3) is 0.368. The molecule has 2 heterocycles. The number of ether oxygens (including phenoxy) is 1. The van der Waals surface area contributed by atoms with E-state index in [1.54, 1.807) is 0 Å². The summed E-state index contributed by atoms with van der Waals surface area (Å²) in [5, 5.41) is 18.5. The number of amides is 1. The number of aliphatic hydroxyl groups is 2. The molecule has 2 unspecified atom stereocenters. The highest BCUT2D eigenvalue weighted by atomic mass is 19.1. The largest absolute Gasteiger partial charge is 0.497 e. The molecule has 1 aliphatic heterocycles. The lowest BCUT2D eigenvalue weighted by Gasteiger charge is -2.19. The minimum absolute atomic E-state index is 0.0355. The standard InChI is InChI=1S/C19H20F2N2O5/c1-28-13-6-14(20)18(15(21)7-13)11-5-17(26)23(8-11)16-3-2-4-22(19(16)27)9-12(25)10-24/h2-4,6-7,11-12,24-25H,5,8-10H2,1H3. The first kappa shape index (κ1) is 20.0. The average Bonchev–Trinajstić information content (AvgIpc) is 3.03. The van der Waals surface area contributed by atoms with Crippen LogP contribution in [0.4, 0.5) is 14.5 Å². The number of hydrogen-bond donors (Lipinski definition) is 2. The van der Waals surface area contributed by atoms with Crippen LogP contribution in [0.1, 0.15) is 17.9 Å². The molecule has 3 rings (SSSR count). The summed E-state index contributed by atoms with van der Waals surface area (Å²) in [6.45, 7) is -0.714. The maximum atomic E-state index is 14.4. The maximum Gasteiger partial charge on any atom is 0.274 e. The Kier molecular flexibility index (Phi) is 5.76. The molecule has 2 N–H and O–H groups in total. The van der Waals surface area contributed by atoms with E-state index in [1.807, 2.05) is 0 Å². The third-order valence-electron chi connectivity index (χ3n) is 4.73. The van der Waals surface area contributed by atoms with Gasteiger partial charge in [0, 0.05) is 42.8 Å². The van der Waals surface area contributed by atoms with Crippen molar-refractivity contribution in [2.24, 2.45) is 0 Å². The Morgan fingerprint density at radius 1 is 1.29 bits per heavy atom. The van der Waals surface area contributed by atoms with Gasteiger partial charge in [-0.1, -0.05) is 0 Å². The fourth-order valence-electron chi connectivity index (χ4n) is 3.36. The number of benzene rings is 1. The lowest BCUT2D eigenvalue weighted by atomic mass is 9.97. The smallest absolute Gasteiger partial charge is 0.274 e. The molecular formula is C19H20F2N2O5. The Hall–Kier alpha value is -2.78. The van der Waals surface area contributed by atoms with Crippen LogP contribution in [-0.4, -0.2) is 47.1 Å². The third kappa shape index (κ3) is 3.76. The van der Waals surface area contributed by atoms with Crippen molar-refractivity contribution in [1.29, 1.82) is 0 Å². The van der Waals surface area contributed by atoms with E-state index >= 15 is 0 Å². The van der Waals surface area contributed by atoms with Crippen LogP contribution in [0.3, 0.4) is 0 Å². The van der Waals surface area contributed by atoms with Gasteiger partial charge in [0.25, 0.3) is 5.56 Å². The zero-order chi connectivity index (χ0) is 20.4. The highest BCUT2D eigenvalue weighted by Gasteiger charge is 2.36. The molecule has 1 aliphatic rings. The highest BCUT2D eigenvalue weighted by molar-refractivity contribution is 5.96. The summed E-state index contributed by atoms with van der Waals surface area (Å²) < 4.78 is 34.7. The quantitative estimate of drug-likeness (QED) is 0.763. The molecule has 0 saturated carbocycles. The van der Waals surface area contributed by atoms with Gasteiger partial charge < -0.3 is 24.4 Å². The van der Waals surface area contributed by atoms with Gasteiger partial charge in [-0.2, -0.15) is 0 Å². The summed E-state index contributed by atoms with van der Waals surface area (Å²) in [6.07, 6.45) is 0.150. The maximum absolute atomic E-state index is 14.4. The van der Waals surface area contributed by atoms with Crippen molar-refractivity contribution in [2.75, 3.05) is 25.2 Å². The number of methoxy groups -OCH3 is 1. The summed E-state index contributed by atoms with van der Waals surface area (Å²) in [5.41, 5.74) is -0.710. The molecule has 1 aromatic carbocycles. The molecule has 0 spiro atoms. The first-order valence-electron chi connectivity index (χ1n) is 8.67. The Balaban J connectivity index is 1.90. The van der Waals surface area contributed by atoms with Crippen LogP contribution in [0.2, 0.25) is 0 Å². The van der Waals surface area contributed by atoms with Gasteiger partial charge >= 0.3 is 0 Å². The third-order valence-corrected chi connectivity index (χ3v) is 4.73. The van der Waals surface area contributed by atoms with Gasteiger partial charge in [-0.3, -0.25) is 9.59 Å². The number of carbonyl (C=O) groups excluding carboxylic acids is 1. The average molecular weight is 394 g/mol. The zero-order valence-corrected chi connectivity index (χ0v) is 15.1. The van der Waals surface area contributed by atoms with Crippen LogP contribution in [0.15, 0.2) is 35.3 Å². The first-order valence-corrected chi connectivity index (χ1v) is 8.67. The Morgan fingerprint density at radius 3 is 2.57 bits per heavy atom. The van der Waals surface area contributed by atoms with Gasteiger partial charge in [0.05, 0.1) is 26.4 Å². The van der Waals surface area contributed by atoms with Gasteiger partial charge in [-0.05, 0) is 12.1 Å². The van der Waals surface area contributed by atoms with Crippen LogP contribution in [-0.2, 0) is 11.3 Å². The van der Waals surface area contributed by atoms with Crippen molar-refractivity contribution < 1.29 is 28.5 Å². The van der Waals surface area contributed by atoms with Crippen molar-refractivity contribution in [1.82, 2.24) is 4.57 Å². The van der Waals surface area contributed by atoms with Gasteiger partial charge in [0.15, 0.2) is 0 Å². The van der Waals surface area contributed by atoms with Crippen molar-refractivity contribution in [3.8, 4) is 5.75 Å². The molecule has 0 radical (unpaired) electrons. The van der Waals surface area contributed by atoms with Crippen LogP contribution >= 0.6 is 0 Å². The molecule has 1 saturated heterocycles. The minimum Gasteiger partial charge on any atom is -0.497 e. The normalized spacial score (nSPS) is 17.8. The number of rotatable bonds is 6. The second-order valence-electron chi connectivity index (χ2n) is 6.60. The number of halogens is 2. The summed E-state index contributed by atoms with van der Waals surface area (Å²) in [6, 6.07) is 5.07. The van der Waals surface area contributed by atoms with E-state index < -0.39 is 41.7 Å². The van der Waals surface area contributed by atoms with Gasteiger partial charge in [-0.15, -0.1) is 0 Å².